The maximum absolute atomic E-state index is 12.9. The molecule has 0 spiro atoms. The van der Waals surface area contributed by atoms with Crippen LogP contribution in [-0.4, -0.2) is 15.7 Å². The van der Waals surface area contributed by atoms with Gasteiger partial charge in [0.1, 0.15) is 23.3 Å². The fourth-order valence-corrected chi connectivity index (χ4v) is 2.53. The molecular weight excluding hydrogens is 287 g/mol. The number of anilines is 1. The van der Waals surface area contributed by atoms with Crippen LogP contribution in [0, 0.1) is 17.1 Å². The molecule has 21 heavy (non-hydrogen) atoms. The second kappa shape index (κ2) is 7.04. The molecule has 2 aromatic rings. The first kappa shape index (κ1) is 15.3. The zero-order chi connectivity index (χ0) is 15.2. The van der Waals surface area contributed by atoms with Crippen LogP contribution < -0.4 is 5.73 Å². The van der Waals surface area contributed by atoms with E-state index in [2.05, 4.69) is 16.9 Å². The normalized spacial score (nSPS) is 10.3. The topological polar surface area (TPSA) is 75.6 Å². The van der Waals surface area contributed by atoms with Crippen molar-refractivity contribution in [2.24, 2.45) is 0 Å². The van der Waals surface area contributed by atoms with Crippen molar-refractivity contribution in [3.05, 3.63) is 46.9 Å². The van der Waals surface area contributed by atoms with E-state index in [1.54, 1.807) is 12.1 Å². The number of halogens is 1. The molecule has 0 saturated heterocycles. The van der Waals surface area contributed by atoms with Crippen LogP contribution in [0.15, 0.2) is 29.4 Å². The highest BCUT2D eigenvalue weighted by Gasteiger charge is 2.13. The minimum Gasteiger partial charge on any atom is -0.382 e. The van der Waals surface area contributed by atoms with Gasteiger partial charge in [0.05, 0.1) is 5.69 Å². The minimum atomic E-state index is -0.291. The third kappa shape index (κ3) is 3.92. The van der Waals surface area contributed by atoms with Crippen molar-refractivity contribution in [3.8, 4) is 6.07 Å². The highest BCUT2D eigenvalue weighted by molar-refractivity contribution is 7.99. The Bertz CT molecular complexity index is 665. The van der Waals surface area contributed by atoms with E-state index in [9.17, 15) is 9.65 Å². The lowest BCUT2D eigenvalue weighted by molar-refractivity contribution is 0.627. The average Bonchev–Trinajstić information content (AvgIpc) is 2.47. The summed E-state index contributed by atoms with van der Waals surface area (Å²) in [5.74, 6) is 0.797. The van der Waals surface area contributed by atoms with Crippen molar-refractivity contribution >= 4 is 17.6 Å². The molecule has 0 saturated carbocycles. The van der Waals surface area contributed by atoms with Crippen molar-refractivity contribution in [3.63, 3.8) is 0 Å². The van der Waals surface area contributed by atoms with Gasteiger partial charge in [0, 0.05) is 12.2 Å². The number of rotatable bonds is 5. The quantitative estimate of drug-likeness (QED) is 0.678. The van der Waals surface area contributed by atoms with Gasteiger partial charge in [-0.05, 0) is 24.1 Å². The molecule has 2 rings (SSSR count). The predicted octanol–water partition coefficient (Wildman–Crippen LogP) is 3.16. The Morgan fingerprint density at radius 1 is 1.29 bits per heavy atom. The van der Waals surface area contributed by atoms with Crippen molar-refractivity contribution in [2.45, 2.75) is 24.9 Å². The smallest absolute Gasteiger partial charge is 0.189 e. The molecule has 0 amide bonds. The van der Waals surface area contributed by atoms with Crippen LogP contribution in [0.25, 0.3) is 0 Å². The molecule has 1 heterocycles. The maximum atomic E-state index is 12.9. The Kier molecular flexibility index (Phi) is 5.12. The number of nitrogen functional groups attached to an aromatic ring is 1. The maximum Gasteiger partial charge on any atom is 0.189 e. The zero-order valence-corrected chi connectivity index (χ0v) is 12.5. The molecule has 1 aromatic heterocycles. The molecule has 0 aliphatic heterocycles. The minimum absolute atomic E-state index is 0.197. The molecule has 2 N–H and O–H groups in total. The van der Waals surface area contributed by atoms with Crippen LogP contribution in [0.1, 0.15) is 30.2 Å². The first-order valence-electron chi connectivity index (χ1n) is 6.57. The first-order chi connectivity index (χ1) is 10.1. The van der Waals surface area contributed by atoms with Gasteiger partial charge in [0.2, 0.25) is 0 Å². The van der Waals surface area contributed by atoms with E-state index in [1.807, 2.05) is 6.07 Å². The SMILES string of the molecule is CCCSc1nc(N)c(C#N)c(Cc2ccc(F)cc2)n1. The molecule has 0 bridgehead atoms. The van der Waals surface area contributed by atoms with Gasteiger partial charge in [0.25, 0.3) is 0 Å². The molecule has 1 aromatic carbocycles. The molecule has 0 unspecified atom stereocenters. The van der Waals surface area contributed by atoms with E-state index in [-0.39, 0.29) is 11.6 Å². The van der Waals surface area contributed by atoms with Gasteiger partial charge in [-0.25, -0.2) is 14.4 Å². The number of nitrogens with two attached hydrogens (primary N) is 1. The number of benzene rings is 1. The summed E-state index contributed by atoms with van der Waals surface area (Å²) >= 11 is 1.51. The molecule has 4 nitrogen and oxygen atoms in total. The number of nitriles is 1. The number of aromatic nitrogens is 2. The molecule has 0 atom stereocenters. The summed E-state index contributed by atoms with van der Waals surface area (Å²) < 4.78 is 12.9. The summed E-state index contributed by atoms with van der Waals surface area (Å²) in [6, 6.07) is 8.17. The molecule has 0 aliphatic rings. The molecule has 0 radical (unpaired) electrons. The third-order valence-corrected chi connectivity index (χ3v) is 3.88. The Balaban J connectivity index is 2.33. The van der Waals surface area contributed by atoms with Crippen molar-refractivity contribution in [2.75, 3.05) is 11.5 Å². The lowest BCUT2D eigenvalue weighted by atomic mass is 10.1. The highest BCUT2D eigenvalue weighted by Crippen LogP contribution is 2.22. The van der Waals surface area contributed by atoms with Crippen LogP contribution in [0.4, 0.5) is 10.2 Å². The monoisotopic (exact) mass is 302 g/mol. The van der Waals surface area contributed by atoms with Crippen molar-refractivity contribution < 1.29 is 4.39 Å². The zero-order valence-electron chi connectivity index (χ0n) is 11.6. The van der Waals surface area contributed by atoms with Crippen LogP contribution in [0.5, 0.6) is 0 Å². The van der Waals surface area contributed by atoms with Crippen molar-refractivity contribution in [1.82, 2.24) is 9.97 Å². The average molecular weight is 302 g/mol. The van der Waals surface area contributed by atoms with Gasteiger partial charge in [-0.1, -0.05) is 30.8 Å². The summed E-state index contributed by atoms with van der Waals surface area (Å²) in [4.78, 5) is 8.56. The molecule has 0 aliphatic carbocycles. The van der Waals surface area contributed by atoms with Crippen molar-refractivity contribution in [1.29, 1.82) is 5.26 Å². The fraction of sp³-hybridized carbons (Fsp3) is 0.267. The Morgan fingerprint density at radius 3 is 2.62 bits per heavy atom. The van der Waals surface area contributed by atoms with Crippen LogP contribution in [0.2, 0.25) is 0 Å². The van der Waals surface area contributed by atoms with E-state index in [0.717, 1.165) is 17.7 Å². The van der Waals surface area contributed by atoms with Gasteiger partial charge in [-0.2, -0.15) is 5.26 Å². The van der Waals surface area contributed by atoms with Gasteiger partial charge < -0.3 is 5.73 Å². The molecule has 108 valence electrons. The standard InChI is InChI=1S/C15H15FN4S/c1-2-7-21-15-19-13(12(9-17)14(18)20-15)8-10-3-5-11(16)6-4-10/h3-6H,2,7-8H2,1H3,(H2,18,19,20). The predicted molar refractivity (Wildman–Crippen MR) is 81.4 cm³/mol. The van der Waals surface area contributed by atoms with Gasteiger partial charge >= 0.3 is 0 Å². The fourth-order valence-electron chi connectivity index (χ4n) is 1.81. The van der Waals surface area contributed by atoms with Crippen LogP contribution >= 0.6 is 11.8 Å². The summed E-state index contributed by atoms with van der Waals surface area (Å²) in [5, 5.41) is 9.79. The van der Waals surface area contributed by atoms with Crippen LogP contribution in [0.3, 0.4) is 0 Å². The molecule has 6 heteroatoms. The largest absolute Gasteiger partial charge is 0.382 e. The molecular formula is C15H15FN4S. The number of hydrogen-bond acceptors (Lipinski definition) is 5. The van der Waals surface area contributed by atoms with E-state index in [0.29, 0.717) is 22.8 Å². The van der Waals surface area contributed by atoms with Crippen LogP contribution in [-0.2, 0) is 6.42 Å². The summed E-state index contributed by atoms with van der Waals surface area (Å²) in [6.07, 6.45) is 1.43. The van der Waals surface area contributed by atoms with Gasteiger partial charge in [-0.3, -0.25) is 0 Å². The summed E-state index contributed by atoms with van der Waals surface area (Å²) in [6.45, 7) is 2.07. The lowest BCUT2D eigenvalue weighted by Gasteiger charge is -2.08. The van der Waals surface area contributed by atoms with Gasteiger partial charge in [0.15, 0.2) is 5.16 Å². The molecule has 0 fully saturated rings. The first-order valence-corrected chi connectivity index (χ1v) is 7.56. The van der Waals surface area contributed by atoms with Gasteiger partial charge in [-0.15, -0.1) is 0 Å². The van der Waals surface area contributed by atoms with E-state index in [4.69, 9.17) is 5.73 Å². The van der Waals surface area contributed by atoms with E-state index < -0.39 is 0 Å². The number of hydrogen-bond donors (Lipinski definition) is 1. The number of nitrogens with zero attached hydrogens (tertiary/aromatic N) is 3. The highest BCUT2D eigenvalue weighted by atomic mass is 32.2. The number of thioether (sulfide) groups is 1. The Morgan fingerprint density at radius 2 is 2.00 bits per heavy atom. The summed E-state index contributed by atoms with van der Waals surface area (Å²) in [7, 11) is 0. The summed E-state index contributed by atoms with van der Waals surface area (Å²) in [5.41, 5.74) is 7.58. The second-order valence-electron chi connectivity index (χ2n) is 4.48. The van der Waals surface area contributed by atoms with E-state index >= 15 is 0 Å². The third-order valence-electron chi connectivity index (χ3n) is 2.82. The second-order valence-corrected chi connectivity index (χ2v) is 5.54. The lowest BCUT2D eigenvalue weighted by Crippen LogP contribution is -2.06. The Hall–Kier alpha value is -2.13. The Labute approximate surface area is 127 Å². The van der Waals surface area contributed by atoms with E-state index in [1.165, 1.54) is 23.9 Å².